The first kappa shape index (κ1) is 22.2. The van der Waals surface area contributed by atoms with Crippen LogP contribution in [0.15, 0.2) is 53.9 Å². The lowest BCUT2D eigenvalue weighted by Crippen LogP contribution is -2.41. The molecule has 1 aromatic heterocycles. The highest BCUT2D eigenvalue weighted by Gasteiger charge is 2.32. The second-order valence-corrected chi connectivity index (χ2v) is 6.96. The van der Waals surface area contributed by atoms with E-state index in [1.807, 2.05) is 0 Å². The number of alkyl halides is 3. The van der Waals surface area contributed by atoms with Crippen LogP contribution in [0.4, 0.5) is 18.9 Å². The number of hydrogen-bond donors (Lipinski definition) is 1. The molecule has 0 spiro atoms. The van der Waals surface area contributed by atoms with E-state index in [-0.39, 0.29) is 17.9 Å². The summed E-state index contributed by atoms with van der Waals surface area (Å²) in [5, 5.41) is 7.67. The molecular weight excluding hydrogens is 433 g/mol. The van der Waals surface area contributed by atoms with Gasteiger partial charge < -0.3 is 10.1 Å². The number of amides is 2. The number of nitrogens with one attached hydrogen (secondary N) is 1. The minimum atomic E-state index is -4.59. The number of rotatable bonds is 7. The van der Waals surface area contributed by atoms with E-state index in [9.17, 15) is 22.8 Å². The lowest BCUT2D eigenvalue weighted by molar-refractivity contribution is -0.137. The molecule has 0 atom stereocenters. The molecule has 0 saturated carbocycles. The summed E-state index contributed by atoms with van der Waals surface area (Å²) in [6, 6.07) is 11.2. The van der Waals surface area contributed by atoms with E-state index < -0.39 is 30.1 Å². The predicted octanol–water partition coefficient (Wildman–Crippen LogP) is 3.53. The Balaban J connectivity index is 1.78. The Kier molecular flexibility index (Phi) is 6.85. The van der Waals surface area contributed by atoms with Crippen LogP contribution in [0, 0.1) is 0 Å². The first-order chi connectivity index (χ1) is 14.8. The van der Waals surface area contributed by atoms with Crippen LogP contribution in [0.3, 0.4) is 0 Å². The fourth-order valence-electron chi connectivity index (χ4n) is 2.67. The lowest BCUT2D eigenvalue weighted by atomic mass is 10.1. The van der Waals surface area contributed by atoms with Crippen LogP contribution in [0.2, 0.25) is 0 Å². The standard InChI is InChI=1S/C20H17F3N4O3S/c1-30-16-7-5-13(6-8-16)10-24-18(28)11-27(19(29)17-12-31-26-25-17)15-4-2-3-14(9-15)20(21,22)23/h2-9,12H,10-11H2,1H3,(H,24,28). The molecule has 2 aromatic carbocycles. The molecule has 7 nitrogen and oxygen atoms in total. The molecule has 0 radical (unpaired) electrons. The molecule has 3 rings (SSSR count). The summed E-state index contributed by atoms with van der Waals surface area (Å²) in [4.78, 5) is 26.2. The zero-order valence-electron chi connectivity index (χ0n) is 16.2. The molecule has 162 valence electrons. The van der Waals surface area contributed by atoms with Gasteiger partial charge in [-0.2, -0.15) is 13.2 Å². The molecule has 0 bridgehead atoms. The van der Waals surface area contributed by atoms with Crippen molar-refractivity contribution in [2.75, 3.05) is 18.6 Å². The Morgan fingerprint density at radius 3 is 2.52 bits per heavy atom. The van der Waals surface area contributed by atoms with Gasteiger partial charge in [-0.05, 0) is 47.4 Å². The summed E-state index contributed by atoms with van der Waals surface area (Å²) in [5.74, 6) is -0.620. The predicted molar refractivity (Wildman–Crippen MR) is 108 cm³/mol. The van der Waals surface area contributed by atoms with Crippen LogP contribution in [0.5, 0.6) is 5.75 Å². The summed E-state index contributed by atoms with van der Waals surface area (Å²) in [6.45, 7) is -0.320. The highest BCUT2D eigenvalue weighted by Crippen LogP contribution is 2.32. The molecule has 0 aliphatic carbocycles. The molecule has 31 heavy (non-hydrogen) atoms. The van der Waals surface area contributed by atoms with Crippen LogP contribution in [0.25, 0.3) is 0 Å². The third kappa shape index (κ3) is 5.79. The molecule has 1 N–H and O–H groups in total. The van der Waals surface area contributed by atoms with Gasteiger partial charge in [-0.1, -0.05) is 22.7 Å². The Hall–Kier alpha value is -3.47. The number of carbonyl (C=O) groups excluding carboxylic acids is 2. The zero-order valence-corrected chi connectivity index (χ0v) is 17.0. The monoisotopic (exact) mass is 450 g/mol. The average molecular weight is 450 g/mol. The van der Waals surface area contributed by atoms with Crippen molar-refractivity contribution >= 4 is 29.0 Å². The van der Waals surface area contributed by atoms with E-state index in [1.165, 1.54) is 24.6 Å². The Labute approximate surface area is 179 Å². The number of hydrogen-bond acceptors (Lipinski definition) is 6. The topological polar surface area (TPSA) is 84.4 Å². The van der Waals surface area contributed by atoms with Crippen molar-refractivity contribution in [1.82, 2.24) is 14.9 Å². The maximum Gasteiger partial charge on any atom is 0.416 e. The molecule has 0 saturated heterocycles. The molecule has 0 unspecified atom stereocenters. The average Bonchev–Trinajstić information content (AvgIpc) is 3.30. The van der Waals surface area contributed by atoms with Gasteiger partial charge in [0.1, 0.15) is 12.3 Å². The lowest BCUT2D eigenvalue weighted by Gasteiger charge is -2.22. The number of methoxy groups -OCH3 is 1. The van der Waals surface area contributed by atoms with Crippen LogP contribution in [-0.4, -0.2) is 35.1 Å². The number of benzene rings is 2. The summed E-state index contributed by atoms with van der Waals surface area (Å²) in [6.07, 6.45) is -4.59. The summed E-state index contributed by atoms with van der Waals surface area (Å²) in [5.41, 5.74) is -0.287. The normalized spacial score (nSPS) is 11.1. The van der Waals surface area contributed by atoms with Gasteiger partial charge in [-0.3, -0.25) is 14.5 Å². The fourth-order valence-corrected chi connectivity index (χ4v) is 3.10. The number of anilines is 1. The Bertz CT molecular complexity index is 1040. The molecule has 0 aliphatic rings. The van der Waals surface area contributed by atoms with E-state index in [4.69, 9.17) is 4.74 Å². The quantitative estimate of drug-likeness (QED) is 0.595. The minimum Gasteiger partial charge on any atom is -0.497 e. The van der Waals surface area contributed by atoms with E-state index in [2.05, 4.69) is 14.9 Å². The van der Waals surface area contributed by atoms with Gasteiger partial charge in [0, 0.05) is 17.6 Å². The van der Waals surface area contributed by atoms with Crippen molar-refractivity contribution in [1.29, 1.82) is 0 Å². The molecule has 3 aromatic rings. The van der Waals surface area contributed by atoms with Gasteiger partial charge in [0.05, 0.1) is 12.7 Å². The molecule has 11 heteroatoms. The molecule has 1 heterocycles. The summed E-state index contributed by atoms with van der Waals surface area (Å²) >= 11 is 0.918. The highest BCUT2D eigenvalue weighted by atomic mass is 32.1. The van der Waals surface area contributed by atoms with Crippen LogP contribution in [-0.2, 0) is 17.5 Å². The van der Waals surface area contributed by atoms with Gasteiger partial charge in [0.25, 0.3) is 5.91 Å². The van der Waals surface area contributed by atoms with Crippen LogP contribution < -0.4 is 15.0 Å². The van der Waals surface area contributed by atoms with Crippen molar-refractivity contribution in [2.45, 2.75) is 12.7 Å². The second kappa shape index (κ2) is 9.56. The smallest absolute Gasteiger partial charge is 0.416 e. The largest absolute Gasteiger partial charge is 0.497 e. The Morgan fingerprint density at radius 2 is 1.90 bits per heavy atom. The van der Waals surface area contributed by atoms with Crippen molar-refractivity contribution in [3.8, 4) is 5.75 Å². The number of ether oxygens (including phenoxy) is 1. The minimum absolute atomic E-state index is 0.0645. The number of carbonyl (C=O) groups is 2. The molecule has 2 amide bonds. The number of halogens is 3. The van der Waals surface area contributed by atoms with E-state index in [0.717, 1.165) is 34.1 Å². The van der Waals surface area contributed by atoms with Crippen LogP contribution in [0.1, 0.15) is 21.6 Å². The summed E-state index contributed by atoms with van der Waals surface area (Å²) in [7, 11) is 1.54. The maximum absolute atomic E-state index is 13.1. The van der Waals surface area contributed by atoms with Gasteiger partial charge in [0.2, 0.25) is 5.91 Å². The van der Waals surface area contributed by atoms with Gasteiger partial charge >= 0.3 is 6.18 Å². The first-order valence-electron chi connectivity index (χ1n) is 8.93. The van der Waals surface area contributed by atoms with Crippen LogP contribution >= 0.6 is 11.5 Å². The summed E-state index contributed by atoms with van der Waals surface area (Å²) < 4.78 is 48.0. The fraction of sp³-hybridized carbons (Fsp3) is 0.200. The van der Waals surface area contributed by atoms with Gasteiger partial charge in [-0.15, -0.1) is 5.10 Å². The van der Waals surface area contributed by atoms with E-state index in [0.29, 0.717) is 5.75 Å². The van der Waals surface area contributed by atoms with Gasteiger partial charge in [0.15, 0.2) is 5.69 Å². The highest BCUT2D eigenvalue weighted by molar-refractivity contribution is 7.03. The Morgan fingerprint density at radius 1 is 1.16 bits per heavy atom. The molecular formula is C20H17F3N4O3S. The number of aromatic nitrogens is 2. The number of nitrogens with zero attached hydrogens (tertiary/aromatic N) is 3. The van der Waals surface area contributed by atoms with Crippen molar-refractivity contribution < 1.29 is 27.5 Å². The van der Waals surface area contributed by atoms with E-state index in [1.54, 1.807) is 24.3 Å². The van der Waals surface area contributed by atoms with Crippen molar-refractivity contribution in [3.05, 3.63) is 70.7 Å². The van der Waals surface area contributed by atoms with Crippen molar-refractivity contribution in [2.24, 2.45) is 0 Å². The maximum atomic E-state index is 13.1. The van der Waals surface area contributed by atoms with Gasteiger partial charge in [-0.25, -0.2) is 0 Å². The molecule has 0 fully saturated rings. The second-order valence-electron chi connectivity index (χ2n) is 6.35. The third-order valence-corrected chi connectivity index (χ3v) is 4.76. The SMILES string of the molecule is COc1ccc(CNC(=O)CN(C(=O)c2csnn2)c2cccc(C(F)(F)F)c2)cc1. The zero-order chi connectivity index (χ0) is 22.4. The third-order valence-electron chi connectivity index (χ3n) is 4.26. The molecule has 0 aliphatic heterocycles. The first-order valence-corrected chi connectivity index (χ1v) is 9.77. The van der Waals surface area contributed by atoms with Crippen molar-refractivity contribution in [3.63, 3.8) is 0 Å². The van der Waals surface area contributed by atoms with E-state index >= 15 is 0 Å².